The first-order chi connectivity index (χ1) is 9.63. The number of halogens is 2. The Morgan fingerprint density at radius 3 is 2.45 bits per heavy atom. The zero-order chi connectivity index (χ0) is 14.1. The van der Waals surface area contributed by atoms with Gasteiger partial charge in [-0.3, -0.25) is 4.79 Å². The fraction of sp³-hybridized carbons (Fsp3) is 0.188. The van der Waals surface area contributed by atoms with E-state index in [0.29, 0.717) is 11.4 Å². The highest BCUT2D eigenvalue weighted by Gasteiger charge is 2.17. The molecule has 1 amide bonds. The summed E-state index contributed by atoms with van der Waals surface area (Å²) >= 11 is 12.4. The van der Waals surface area contributed by atoms with Crippen molar-refractivity contribution in [3.63, 3.8) is 0 Å². The molecule has 1 aliphatic rings. The molecule has 1 unspecified atom stereocenters. The maximum atomic E-state index is 11.3. The van der Waals surface area contributed by atoms with Crippen LogP contribution in [-0.4, -0.2) is 5.91 Å². The molecule has 0 aliphatic carbocycles. The number of carbonyl (C=O) groups excluding carboxylic acids is 1. The molecule has 3 rings (SSSR count). The van der Waals surface area contributed by atoms with Crippen LogP contribution in [0, 0.1) is 0 Å². The summed E-state index contributed by atoms with van der Waals surface area (Å²) in [5.41, 5.74) is 4.08. The van der Waals surface area contributed by atoms with E-state index in [0.717, 1.165) is 28.8 Å². The lowest BCUT2D eigenvalue weighted by molar-refractivity contribution is -0.116. The molecule has 0 fully saturated rings. The molecule has 20 heavy (non-hydrogen) atoms. The lowest BCUT2D eigenvalue weighted by Gasteiger charge is -2.19. The number of amides is 1. The maximum absolute atomic E-state index is 11.3. The van der Waals surface area contributed by atoms with Gasteiger partial charge in [-0.05, 0) is 41.3 Å². The molecule has 102 valence electrons. The van der Waals surface area contributed by atoms with Crippen LogP contribution in [0.25, 0.3) is 0 Å². The van der Waals surface area contributed by atoms with Crippen molar-refractivity contribution in [2.75, 3.05) is 5.32 Å². The minimum absolute atomic E-state index is 0.0744. The standard InChI is InChI=1S/C16H13Cl2NO/c17-13-5-1-10(2-6-13)16(18)12-3-7-14-11(9-12)4-8-15(20)19-14/h1-3,5-7,9,16H,4,8H2,(H,19,20). The molecule has 0 radical (unpaired) electrons. The molecule has 1 aliphatic heterocycles. The van der Waals surface area contributed by atoms with Gasteiger partial charge in [0.25, 0.3) is 0 Å². The Labute approximate surface area is 127 Å². The SMILES string of the molecule is O=C1CCc2cc(C(Cl)c3ccc(Cl)cc3)ccc2N1. The Bertz CT molecular complexity index is 652. The summed E-state index contributed by atoms with van der Waals surface area (Å²) in [4.78, 5) is 11.3. The van der Waals surface area contributed by atoms with Crippen LogP contribution >= 0.6 is 23.2 Å². The Morgan fingerprint density at radius 1 is 1.00 bits per heavy atom. The molecule has 0 aromatic heterocycles. The van der Waals surface area contributed by atoms with Crippen LogP contribution in [-0.2, 0) is 11.2 Å². The van der Waals surface area contributed by atoms with Crippen molar-refractivity contribution < 1.29 is 4.79 Å². The molecule has 2 nitrogen and oxygen atoms in total. The van der Waals surface area contributed by atoms with Crippen molar-refractivity contribution in [2.24, 2.45) is 0 Å². The third-order valence-electron chi connectivity index (χ3n) is 3.48. The zero-order valence-electron chi connectivity index (χ0n) is 10.7. The molecule has 0 spiro atoms. The summed E-state index contributed by atoms with van der Waals surface area (Å²) in [6, 6.07) is 13.5. The Hall–Kier alpha value is -1.51. The van der Waals surface area contributed by atoms with Gasteiger partial charge in [-0.2, -0.15) is 0 Å². The van der Waals surface area contributed by atoms with Crippen LogP contribution in [0.3, 0.4) is 0 Å². The van der Waals surface area contributed by atoms with E-state index in [1.165, 1.54) is 0 Å². The number of alkyl halides is 1. The normalized spacial score (nSPS) is 15.4. The summed E-state index contributed by atoms with van der Waals surface area (Å²) < 4.78 is 0. The minimum Gasteiger partial charge on any atom is -0.326 e. The van der Waals surface area contributed by atoms with Crippen molar-refractivity contribution in [3.05, 3.63) is 64.2 Å². The summed E-state index contributed by atoms with van der Waals surface area (Å²) in [7, 11) is 0. The van der Waals surface area contributed by atoms with Crippen molar-refractivity contribution in [3.8, 4) is 0 Å². The maximum Gasteiger partial charge on any atom is 0.224 e. The predicted molar refractivity (Wildman–Crippen MR) is 82.5 cm³/mol. The second-order valence-electron chi connectivity index (χ2n) is 4.88. The zero-order valence-corrected chi connectivity index (χ0v) is 12.2. The number of benzene rings is 2. The number of hydrogen-bond donors (Lipinski definition) is 1. The van der Waals surface area contributed by atoms with Crippen LogP contribution in [0.5, 0.6) is 0 Å². The molecule has 0 saturated heterocycles. The van der Waals surface area contributed by atoms with E-state index in [1.807, 2.05) is 36.4 Å². The number of nitrogens with one attached hydrogen (secondary N) is 1. The molecule has 2 aromatic rings. The molecule has 0 saturated carbocycles. The van der Waals surface area contributed by atoms with Crippen LogP contribution in [0.2, 0.25) is 5.02 Å². The molecule has 1 N–H and O–H groups in total. The first-order valence-electron chi connectivity index (χ1n) is 6.46. The lowest BCUT2D eigenvalue weighted by atomic mass is 9.97. The van der Waals surface area contributed by atoms with Crippen molar-refractivity contribution in [2.45, 2.75) is 18.2 Å². The summed E-state index contributed by atoms with van der Waals surface area (Å²) in [6.07, 6.45) is 1.30. The molecule has 1 atom stereocenters. The average Bonchev–Trinajstić information content (AvgIpc) is 2.47. The van der Waals surface area contributed by atoms with E-state index in [-0.39, 0.29) is 11.3 Å². The second-order valence-corrected chi connectivity index (χ2v) is 5.75. The highest BCUT2D eigenvalue weighted by atomic mass is 35.5. The van der Waals surface area contributed by atoms with Crippen molar-refractivity contribution >= 4 is 34.8 Å². The number of rotatable bonds is 2. The number of fused-ring (bicyclic) bond motifs is 1. The van der Waals surface area contributed by atoms with Gasteiger partial charge in [-0.15, -0.1) is 11.6 Å². The Balaban J connectivity index is 1.90. The largest absolute Gasteiger partial charge is 0.326 e. The molecule has 0 bridgehead atoms. The summed E-state index contributed by atoms with van der Waals surface area (Å²) in [5.74, 6) is 0.0744. The number of hydrogen-bond acceptors (Lipinski definition) is 1. The molecular formula is C16H13Cl2NO. The van der Waals surface area contributed by atoms with Gasteiger partial charge in [0.2, 0.25) is 5.91 Å². The van der Waals surface area contributed by atoms with Gasteiger partial charge in [-0.25, -0.2) is 0 Å². The smallest absolute Gasteiger partial charge is 0.224 e. The fourth-order valence-electron chi connectivity index (χ4n) is 2.39. The highest BCUT2D eigenvalue weighted by Crippen LogP contribution is 2.33. The van der Waals surface area contributed by atoms with Crippen molar-refractivity contribution in [1.82, 2.24) is 0 Å². The van der Waals surface area contributed by atoms with E-state index < -0.39 is 0 Å². The van der Waals surface area contributed by atoms with Crippen LogP contribution in [0.1, 0.15) is 28.5 Å². The molecule has 4 heteroatoms. The van der Waals surface area contributed by atoms with E-state index in [1.54, 1.807) is 0 Å². The number of aryl methyl sites for hydroxylation is 1. The Morgan fingerprint density at radius 2 is 1.70 bits per heavy atom. The van der Waals surface area contributed by atoms with Gasteiger partial charge in [0.15, 0.2) is 0 Å². The van der Waals surface area contributed by atoms with E-state index >= 15 is 0 Å². The summed E-state index contributed by atoms with van der Waals surface area (Å²) in [5, 5.41) is 3.36. The number of anilines is 1. The predicted octanol–water partition coefficient (Wildman–Crippen LogP) is 4.55. The fourth-order valence-corrected chi connectivity index (χ4v) is 2.79. The Kier molecular flexibility index (Phi) is 3.68. The van der Waals surface area contributed by atoms with Gasteiger partial charge in [0, 0.05) is 17.1 Å². The van der Waals surface area contributed by atoms with Crippen molar-refractivity contribution in [1.29, 1.82) is 0 Å². The highest BCUT2D eigenvalue weighted by molar-refractivity contribution is 6.30. The van der Waals surface area contributed by atoms with E-state index in [4.69, 9.17) is 23.2 Å². The minimum atomic E-state index is -0.213. The van der Waals surface area contributed by atoms with Gasteiger partial charge in [0.1, 0.15) is 0 Å². The summed E-state index contributed by atoms with van der Waals surface area (Å²) in [6.45, 7) is 0. The quantitative estimate of drug-likeness (QED) is 0.810. The van der Waals surface area contributed by atoms with Gasteiger partial charge in [0.05, 0.1) is 5.38 Å². The monoisotopic (exact) mass is 305 g/mol. The van der Waals surface area contributed by atoms with E-state index in [9.17, 15) is 4.79 Å². The molecule has 1 heterocycles. The van der Waals surface area contributed by atoms with Gasteiger partial charge < -0.3 is 5.32 Å². The van der Waals surface area contributed by atoms with Crippen LogP contribution in [0.15, 0.2) is 42.5 Å². The first-order valence-corrected chi connectivity index (χ1v) is 7.27. The molecule has 2 aromatic carbocycles. The third-order valence-corrected chi connectivity index (χ3v) is 4.24. The lowest BCUT2D eigenvalue weighted by Crippen LogP contribution is -2.19. The van der Waals surface area contributed by atoms with Crippen LogP contribution < -0.4 is 5.32 Å². The van der Waals surface area contributed by atoms with Gasteiger partial charge >= 0.3 is 0 Å². The van der Waals surface area contributed by atoms with Gasteiger partial charge in [-0.1, -0.05) is 35.9 Å². The average molecular weight is 306 g/mol. The first kappa shape index (κ1) is 13.5. The van der Waals surface area contributed by atoms with Crippen LogP contribution in [0.4, 0.5) is 5.69 Å². The number of carbonyl (C=O) groups is 1. The van der Waals surface area contributed by atoms with E-state index in [2.05, 4.69) is 11.4 Å². The molecular weight excluding hydrogens is 293 g/mol. The second kappa shape index (κ2) is 5.47. The topological polar surface area (TPSA) is 29.1 Å². The third kappa shape index (κ3) is 2.67.